The fraction of sp³-hybridized carbons (Fsp3) is 0.0714. The first-order valence-corrected chi connectivity index (χ1v) is 6.45. The van der Waals surface area contributed by atoms with Crippen molar-refractivity contribution in [3.8, 4) is 6.07 Å². The van der Waals surface area contributed by atoms with Crippen molar-refractivity contribution in [3.05, 3.63) is 52.2 Å². The Morgan fingerprint density at radius 2 is 2.27 bits per heavy atom. The Labute approximate surface area is 122 Å². The fourth-order valence-electron chi connectivity index (χ4n) is 2.34. The topological polar surface area (TPSA) is 124 Å². The van der Waals surface area contributed by atoms with E-state index >= 15 is 0 Å². The van der Waals surface area contributed by atoms with Crippen molar-refractivity contribution >= 4 is 21.9 Å². The molecule has 0 saturated carbocycles. The Hall–Kier alpha value is -3.47. The quantitative estimate of drug-likeness (QED) is 0.573. The van der Waals surface area contributed by atoms with Gasteiger partial charge in [0.1, 0.15) is 5.82 Å². The van der Waals surface area contributed by atoms with E-state index in [1.165, 1.54) is 0 Å². The average Bonchev–Trinajstić information content (AvgIpc) is 3.12. The number of benzene rings is 1. The van der Waals surface area contributed by atoms with Gasteiger partial charge in [0.05, 0.1) is 40.8 Å². The molecule has 0 fully saturated rings. The summed E-state index contributed by atoms with van der Waals surface area (Å²) in [5.41, 5.74) is 2.77. The summed E-state index contributed by atoms with van der Waals surface area (Å²) in [4.78, 5) is 22.9. The number of nitrogens with one attached hydrogen (secondary N) is 2. The Balaban J connectivity index is 1.87. The summed E-state index contributed by atoms with van der Waals surface area (Å²) < 4.78 is 4.87. The number of aromatic amines is 2. The molecule has 0 aliphatic carbocycles. The van der Waals surface area contributed by atoms with Gasteiger partial charge in [0.2, 0.25) is 5.89 Å². The minimum atomic E-state index is -0.600. The summed E-state index contributed by atoms with van der Waals surface area (Å²) in [5.74, 6) is 0.248. The van der Waals surface area contributed by atoms with Gasteiger partial charge in [-0.05, 0) is 18.2 Å². The van der Waals surface area contributed by atoms with Gasteiger partial charge in [0.15, 0.2) is 0 Å². The van der Waals surface area contributed by atoms with E-state index in [2.05, 4.69) is 31.2 Å². The number of nitrogens with zero attached hydrogens (tertiary/aromatic N) is 4. The van der Waals surface area contributed by atoms with E-state index in [0.717, 1.165) is 21.9 Å². The third-order valence-electron chi connectivity index (χ3n) is 3.30. The Morgan fingerprint density at radius 1 is 1.36 bits per heavy atom. The molecule has 3 aromatic heterocycles. The molecule has 0 radical (unpaired) electrons. The summed E-state index contributed by atoms with van der Waals surface area (Å²) in [6.07, 6.45) is 1.94. The average molecular weight is 292 g/mol. The van der Waals surface area contributed by atoms with Crippen molar-refractivity contribution in [2.45, 2.75) is 6.42 Å². The molecule has 0 amide bonds. The zero-order chi connectivity index (χ0) is 15.1. The summed E-state index contributed by atoms with van der Waals surface area (Å²) in [7, 11) is 0. The second-order valence-corrected chi connectivity index (χ2v) is 4.73. The highest BCUT2D eigenvalue weighted by molar-refractivity contribution is 6.02. The molecule has 8 nitrogen and oxygen atoms in total. The maximum atomic E-state index is 10.9. The van der Waals surface area contributed by atoms with E-state index in [9.17, 15) is 4.79 Å². The van der Waals surface area contributed by atoms with E-state index in [0.29, 0.717) is 11.4 Å². The summed E-state index contributed by atoms with van der Waals surface area (Å²) in [6, 6.07) is 7.36. The standard InChI is InChI=1S/C14H8N6O2/c15-5-7-1-2-9-8(3-7)13-10(6-16-9)17-11(18-13)4-12-19-20-14(21)22-12/h1-3,6H,4H2,(H,17,18)(H,20,21). The minimum Gasteiger partial charge on any atom is -0.392 e. The zero-order valence-corrected chi connectivity index (χ0v) is 11.1. The molecular formula is C14H8N6O2. The van der Waals surface area contributed by atoms with Crippen molar-refractivity contribution in [2.24, 2.45) is 0 Å². The van der Waals surface area contributed by atoms with Crippen LogP contribution in [0, 0.1) is 11.3 Å². The summed E-state index contributed by atoms with van der Waals surface area (Å²) >= 11 is 0. The number of fused-ring (bicyclic) bond motifs is 3. The first kappa shape index (κ1) is 12.3. The predicted molar refractivity (Wildman–Crippen MR) is 76.0 cm³/mol. The van der Waals surface area contributed by atoms with Gasteiger partial charge in [-0.2, -0.15) is 5.26 Å². The normalized spacial score (nSPS) is 11.0. The smallest absolute Gasteiger partial charge is 0.392 e. The van der Waals surface area contributed by atoms with Gasteiger partial charge in [-0.1, -0.05) is 0 Å². The van der Waals surface area contributed by atoms with Gasteiger partial charge < -0.3 is 9.40 Å². The van der Waals surface area contributed by atoms with Crippen molar-refractivity contribution in [3.63, 3.8) is 0 Å². The maximum absolute atomic E-state index is 10.9. The van der Waals surface area contributed by atoms with Crippen LogP contribution in [0.25, 0.3) is 21.9 Å². The number of nitriles is 1. The monoisotopic (exact) mass is 292 g/mol. The van der Waals surface area contributed by atoms with Crippen LogP contribution in [0.15, 0.2) is 33.6 Å². The van der Waals surface area contributed by atoms with E-state index in [1.807, 2.05) is 0 Å². The van der Waals surface area contributed by atoms with Crippen molar-refractivity contribution in [1.82, 2.24) is 25.1 Å². The van der Waals surface area contributed by atoms with Crippen LogP contribution in [0.1, 0.15) is 17.3 Å². The molecule has 0 unspecified atom stereocenters. The summed E-state index contributed by atoms with van der Waals surface area (Å²) in [6.45, 7) is 0. The molecule has 0 aliphatic rings. The lowest BCUT2D eigenvalue weighted by Crippen LogP contribution is -1.94. The van der Waals surface area contributed by atoms with Gasteiger partial charge in [0.25, 0.3) is 0 Å². The fourth-order valence-corrected chi connectivity index (χ4v) is 2.34. The second kappa shape index (κ2) is 4.53. The van der Waals surface area contributed by atoms with Crippen LogP contribution in [0.5, 0.6) is 0 Å². The number of aromatic nitrogens is 5. The molecule has 22 heavy (non-hydrogen) atoms. The van der Waals surface area contributed by atoms with Crippen LogP contribution >= 0.6 is 0 Å². The third kappa shape index (κ3) is 1.92. The Bertz CT molecular complexity index is 1100. The number of pyridine rings is 1. The highest BCUT2D eigenvalue weighted by atomic mass is 16.4. The molecule has 0 spiro atoms. The molecule has 0 bridgehead atoms. The molecule has 2 N–H and O–H groups in total. The number of hydrogen-bond acceptors (Lipinski definition) is 6. The van der Waals surface area contributed by atoms with Crippen LogP contribution in [0.3, 0.4) is 0 Å². The minimum absolute atomic E-state index is 0.249. The molecule has 0 atom stereocenters. The molecule has 0 aliphatic heterocycles. The summed E-state index contributed by atoms with van der Waals surface area (Å²) in [5, 5.41) is 15.8. The van der Waals surface area contributed by atoms with Crippen LogP contribution in [0.4, 0.5) is 0 Å². The van der Waals surface area contributed by atoms with Gasteiger partial charge >= 0.3 is 5.76 Å². The number of rotatable bonds is 2. The number of hydrogen-bond donors (Lipinski definition) is 2. The third-order valence-corrected chi connectivity index (χ3v) is 3.30. The Kier molecular flexibility index (Phi) is 2.53. The largest absolute Gasteiger partial charge is 0.434 e. The lowest BCUT2D eigenvalue weighted by atomic mass is 10.1. The van der Waals surface area contributed by atoms with Crippen molar-refractivity contribution in [1.29, 1.82) is 5.26 Å². The van der Waals surface area contributed by atoms with Crippen molar-refractivity contribution < 1.29 is 4.42 Å². The van der Waals surface area contributed by atoms with Gasteiger partial charge in [0, 0.05) is 5.39 Å². The molecule has 4 aromatic rings. The van der Waals surface area contributed by atoms with Crippen LogP contribution in [0.2, 0.25) is 0 Å². The highest BCUT2D eigenvalue weighted by Gasteiger charge is 2.11. The van der Waals surface area contributed by atoms with Crippen LogP contribution in [-0.2, 0) is 6.42 Å². The highest BCUT2D eigenvalue weighted by Crippen LogP contribution is 2.23. The molecule has 1 aromatic carbocycles. The predicted octanol–water partition coefficient (Wildman–Crippen LogP) is 1.25. The number of imidazole rings is 1. The van der Waals surface area contributed by atoms with Crippen molar-refractivity contribution in [2.75, 3.05) is 0 Å². The van der Waals surface area contributed by atoms with Crippen LogP contribution < -0.4 is 5.76 Å². The molecule has 8 heteroatoms. The van der Waals surface area contributed by atoms with E-state index in [4.69, 9.17) is 9.68 Å². The van der Waals surface area contributed by atoms with E-state index < -0.39 is 5.76 Å². The molecular weight excluding hydrogens is 284 g/mol. The van der Waals surface area contributed by atoms with Crippen LogP contribution in [-0.4, -0.2) is 25.1 Å². The maximum Gasteiger partial charge on any atom is 0.434 e. The van der Waals surface area contributed by atoms with Gasteiger partial charge in [-0.15, -0.1) is 5.10 Å². The second-order valence-electron chi connectivity index (χ2n) is 4.73. The zero-order valence-electron chi connectivity index (χ0n) is 11.1. The van der Waals surface area contributed by atoms with Gasteiger partial charge in [-0.3, -0.25) is 4.98 Å². The molecule has 4 rings (SSSR count). The lowest BCUT2D eigenvalue weighted by molar-refractivity contribution is 0.469. The number of H-pyrrole nitrogens is 2. The SMILES string of the molecule is N#Cc1ccc2ncc3[nH]c(Cc4n[nH]c(=O)o4)nc3c2c1. The van der Waals surface area contributed by atoms with E-state index in [1.54, 1.807) is 24.4 Å². The molecule has 106 valence electrons. The first-order valence-electron chi connectivity index (χ1n) is 6.45. The molecule has 0 saturated heterocycles. The first-order chi connectivity index (χ1) is 10.7. The van der Waals surface area contributed by atoms with E-state index in [-0.39, 0.29) is 12.3 Å². The van der Waals surface area contributed by atoms with Gasteiger partial charge in [-0.25, -0.2) is 14.9 Å². The lowest BCUT2D eigenvalue weighted by Gasteiger charge is -1.97. The Morgan fingerprint density at radius 3 is 3.05 bits per heavy atom. The molecule has 3 heterocycles.